The molecule has 0 bridgehead atoms. The van der Waals surface area contributed by atoms with E-state index in [-0.39, 0.29) is 23.4 Å². The zero-order valence-electron chi connectivity index (χ0n) is 13.3. The number of ketones is 1. The standard InChI is InChI=1S/C17H21NO5/c1-10(2)15(19)13-14(12-6-4-8-23-12)18(17(21)16(13)20)9-11-5-3-7-22-11/h4,6,8,10-11,14,20H,3,5,7,9H2,1-2H3. The Morgan fingerprint density at radius 3 is 2.83 bits per heavy atom. The Kier molecular flexibility index (Phi) is 4.26. The second kappa shape index (κ2) is 6.20. The normalized spacial score (nSPS) is 25.0. The van der Waals surface area contributed by atoms with Gasteiger partial charge < -0.3 is 19.2 Å². The van der Waals surface area contributed by atoms with Gasteiger partial charge in [0.05, 0.1) is 17.9 Å². The summed E-state index contributed by atoms with van der Waals surface area (Å²) < 4.78 is 11.0. The summed E-state index contributed by atoms with van der Waals surface area (Å²) in [6.07, 6.45) is 3.24. The predicted molar refractivity (Wildman–Crippen MR) is 81.6 cm³/mol. The monoisotopic (exact) mass is 319 g/mol. The average Bonchev–Trinajstić information content (AvgIpc) is 3.24. The van der Waals surface area contributed by atoms with Crippen LogP contribution in [0.25, 0.3) is 0 Å². The number of aliphatic hydroxyl groups is 1. The van der Waals surface area contributed by atoms with E-state index in [9.17, 15) is 14.7 Å². The fourth-order valence-electron chi connectivity index (χ4n) is 3.16. The molecular formula is C17H21NO5. The Labute approximate surface area is 134 Å². The van der Waals surface area contributed by atoms with Crippen LogP contribution in [0.15, 0.2) is 34.1 Å². The van der Waals surface area contributed by atoms with E-state index in [2.05, 4.69) is 0 Å². The maximum absolute atomic E-state index is 12.5. The molecule has 1 aromatic heterocycles. The van der Waals surface area contributed by atoms with Crippen molar-refractivity contribution in [3.8, 4) is 0 Å². The average molecular weight is 319 g/mol. The molecule has 3 rings (SSSR count). The third-order valence-electron chi connectivity index (χ3n) is 4.33. The van der Waals surface area contributed by atoms with Gasteiger partial charge in [-0.25, -0.2) is 0 Å². The molecule has 0 aliphatic carbocycles. The van der Waals surface area contributed by atoms with Crippen molar-refractivity contribution in [3.05, 3.63) is 35.5 Å². The van der Waals surface area contributed by atoms with Crippen molar-refractivity contribution < 1.29 is 23.8 Å². The number of rotatable bonds is 5. The molecular weight excluding hydrogens is 298 g/mol. The molecule has 1 aromatic rings. The highest BCUT2D eigenvalue weighted by atomic mass is 16.5. The number of carbonyl (C=O) groups excluding carboxylic acids is 2. The van der Waals surface area contributed by atoms with E-state index >= 15 is 0 Å². The minimum atomic E-state index is -0.684. The number of nitrogens with zero attached hydrogens (tertiary/aromatic N) is 1. The molecule has 0 radical (unpaired) electrons. The van der Waals surface area contributed by atoms with E-state index in [4.69, 9.17) is 9.15 Å². The molecule has 2 unspecified atom stereocenters. The summed E-state index contributed by atoms with van der Waals surface area (Å²) in [7, 11) is 0. The van der Waals surface area contributed by atoms with Crippen LogP contribution in [-0.2, 0) is 14.3 Å². The van der Waals surface area contributed by atoms with Crippen molar-refractivity contribution in [2.45, 2.75) is 38.8 Å². The summed E-state index contributed by atoms with van der Waals surface area (Å²) in [5, 5.41) is 10.3. The number of carbonyl (C=O) groups is 2. The zero-order chi connectivity index (χ0) is 16.6. The van der Waals surface area contributed by atoms with Crippen LogP contribution >= 0.6 is 0 Å². The zero-order valence-corrected chi connectivity index (χ0v) is 13.3. The lowest BCUT2D eigenvalue weighted by molar-refractivity contribution is -0.131. The van der Waals surface area contributed by atoms with Crippen LogP contribution in [0, 0.1) is 5.92 Å². The fraction of sp³-hybridized carbons (Fsp3) is 0.529. The molecule has 2 aliphatic rings. The second-order valence-corrected chi connectivity index (χ2v) is 6.29. The quantitative estimate of drug-likeness (QED) is 0.901. The van der Waals surface area contributed by atoms with Gasteiger partial charge in [-0.1, -0.05) is 13.8 Å². The fourth-order valence-corrected chi connectivity index (χ4v) is 3.16. The summed E-state index contributed by atoms with van der Waals surface area (Å²) in [5.41, 5.74) is 0.123. The number of furan rings is 1. The molecule has 2 atom stereocenters. The molecule has 1 N–H and O–H groups in total. The van der Waals surface area contributed by atoms with E-state index in [0.29, 0.717) is 18.9 Å². The minimum absolute atomic E-state index is 0.0716. The number of hydrogen-bond acceptors (Lipinski definition) is 5. The van der Waals surface area contributed by atoms with E-state index < -0.39 is 17.7 Å². The highest BCUT2D eigenvalue weighted by molar-refractivity contribution is 6.09. The van der Waals surface area contributed by atoms with Crippen molar-refractivity contribution in [2.24, 2.45) is 5.92 Å². The Morgan fingerprint density at radius 2 is 2.26 bits per heavy atom. The van der Waals surface area contributed by atoms with Gasteiger partial charge in [-0.2, -0.15) is 0 Å². The summed E-state index contributed by atoms with van der Waals surface area (Å²) in [4.78, 5) is 26.5. The lowest BCUT2D eigenvalue weighted by Crippen LogP contribution is -2.37. The van der Waals surface area contributed by atoms with Crippen molar-refractivity contribution >= 4 is 11.7 Å². The molecule has 1 saturated heterocycles. The molecule has 3 heterocycles. The van der Waals surface area contributed by atoms with Gasteiger partial charge in [0.1, 0.15) is 11.8 Å². The van der Waals surface area contributed by atoms with Crippen molar-refractivity contribution in [2.75, 3.05) is 13.2 Å². The van der Waals surface area contributed by atoms with Crippen LogP contribution in [-0.4, -0.2) is 41.0 Å². The van der Waals surface area contributed by atoms with Crippen LogP contribution in [0.2, 0.25) is 0 Å². The number of aliphatic hydroxyl groups excluding tert-OH is 1. The van der Waals surface area contributed by atoms with Crippen LogP contribution in [0.3, 0.4) is 0 Å². The van der Waals surface area contributed by atoms with Crippen LogP contribution in [0.4, 0.5) is 0 Å². The molecule has 0 aromatic carbocycles. The van der Waals surface area contributed by atoms with Crippen molar-refractivity contribution in [1.82, 2.24) is 4.90 Å². The Balaban J connectivity index is 1.96. The topological polar surface area (TPSA) is 80.0 Å². The van der Waals surface area contributed by atoms with Gasteiger partial charge in [-0.3, -0.25) is 9.59 Å². The predicted octanol–water partition coefficient (Wildman–Crippen LogP) is 2.38. The third kappa shape index (κ3) is 2.79. The molecule has 0 spiro atoms. The van der Waals surface area contributed by atoms with E-state index in [1.165, 1.54) is 11.2 Å². The largest absolute Gasteiger partial charge is 0.503 e. The van der Waals surface area contributed by atoms with Gasteiger partial charge in [-0.15, -0.1) is 0 Å². The Morgan fingerprint density at radius 1 is 1.48 bits per heavy atom. The number of Topliss-reactive ketones (excluding diaryl/α,β-unsaturated/α-hetero) is 1. The first-order valence-electron chi connectivity index (χ1n) is 7.94. The maximum atomic E-state index is 12.5. The molecule has 2 aliphatic heterocycles. The highest BCUT2D eigenvalue weighted by Gasteiger charge is 2.46. The molecule has 6 nitrogen and oxygen atoms in total. The van der Waals surface area contributed by atoms with E-state index in [1.54, 1.807) is 26.0 Å². The third-order valence-corrected chi connectivity index (χ3v) is 4.33. The summed E-state index contributed by atoms with van der Waals surface area (Å²) in [6, 6.07) is 2.74. The number of ether oxygens (including phenoxy) is 1. The maximum Gasteiger partial charge on any atom is 0.290 e. The smallest absolute Gasteiger partial charge is 0.290 e. The summed E-state index contributed by atoms with van der Waals surface area (Å²) in [6.45, 7) is 4.50. The van der Waals surface area contributed by atoms with Crippen LogP contribution in [0.1, 0.15) is 38.5 Å². The van der Waals surface area contributed by atoms with Crippen molar-refractivity contribution in [1.29, 1.82) is 0 Å². The van der Waals surface area contributed by atoms with Gasteiger partial charge >= 0.3 is 0 Å². The van der Waals surface area contributed by atoms with E-state index in [1.807, 2.05) is 0 Å². The van der Waals surface area contributed by atoms with Gasteiger partial charge in [-0.05, 0) is 25.0 Å². The second-order valence-electron chi connectivity index (χ2n) is 6.29. The first kappa shape index (κ1) is 15.8. The first-order chi connectivity index (χ1) is 11.0. The molecule has 1 fully saturated rings. The summed E-state index contributed by atoms with van der Waals surface area (Å²) >= 11 is 0. The van der Waals surface area contributed by atoms with E-state index in [0.717, 1.165) is 12.8 Å². The lowest BCUT2D eigenvalue weighted by Gasteiger charge is -2.27. The number of amides is 1. The summed E-state index contributed by atoms with van der Waals surface area (Å²) in [5.74, 6) is -1.09. The van der Waals surface area contributed by atoms with Gasteiger partial charge in [0.25, 0.3) is 5.91 Å². The first-order valence-corrected chi connectivity index (χ1v) is 7.94. The van der Waals surface area contributed by atoms with Crippen LogP contribution < -0.4 is 0 Å². The van der Waals surface area contributed by atoms with Crippen molar-refractivity contribution in [3.63, 3.8) is 0 Å². The highest BCUT2D eigenvalue weighted by Crippen LogP contribution is 2.39. The Bertz CT molecular complexity index is 625. The van der Waals surface area contributed by atoms with Gasteiger partial charge in [0, 0.05) is 19.1 Å². The Hall–Kier alpha value is -2.08. The number of hydrogen-bond donors (Lipinski definition) is 1. The molecule has 6 heteroatoms. The minimum Gasteiger partial charge on any atom is -0.503 e. The molecule has 1 amide bonds. The molecule has 0 saturated carbocycles. The SMILES string of the molecule is CC(C)C(=O)C1=C(O)C(=O)N(CC2CCCO2)C1c1ccco1. The molecule has 124 valence electrons. The van der Waals surface area contributed by atoms with Gasteiger partial charge in [0.2, 0.25) is 0 Å². The lowest BCUT2D eigenvalue weighted by atomic mass is 9.94. The van der Waals surface area contributed by atoms with Gasteiger partial charge in [0.15, 0.2) is 11.5 Å². The van der Waals surface area contributed by atoms with Crippen LogP contribution in [0.5, 0.6) is 0 Å². The molecule has 23 heavy (non-hydrogen) atoms.